The van der Waals surface area contributed by atoms with Crippen LogP contribution >= 0.6 is 0 Å². The second-order valence-corrected chi connectivity index (χ2v) is 33.2. The Morgan fingerprint density at radius 1 is 0.277 bits per heavy atom. The Labute approximate surface area is 586 Å². The van der Waals surface area contributed by atoms with E-state index in [1.165, 1.54) is 315 Å². The van der Waals surface area contributed by atoms with Crippen LogP contribution in [0, 0.1) is 41.4 Å². The number of amides is 3. The second-order valence-electron chi connectivity index (χ2n) is 33.2. The Bertz CT molecular complexity index is 1620. The third-order valence-electron chi connectivity index (χ3n) is 23.5. The van der Waals surface area contributed by atoms with Gasteiger partial charge in [-0.05, 0) is 106 Å². The number of hydrogen-bond acceptors (Lipinski definition) is 4. The first-order valence-electron chi connectivity index (χ1n) is 43.4. The maximum atomic E-state index is 13.5. The van der Waals surface area contributed by atoms with Crippen LogP contribution in [0.2, 0.25) is 0 Å². The molecule has 3 amide bonds. The quantitative estimate of drug-likeness (QED) is 0.0528. The third-order valence-corrected chi connectivity index (χ3v) is 23.5. The Hall–Kier alpha value is -1.92. The highest BCUT2D eigenvalue weighted by Gasteiger charge is 2.36. The van der Waals surface area contributed by atoms with Crippen molar-refractivity contribution in [2.45, 2.75) is 490 Å². The molecule has 8 atom stereocenters. The standard InChI is InChI=1S/C87H165N3O4/c1-7-9-11-13-35-45-59-76-71-78(61-47-39-41-51-68-85(92)88-82-65-54-53-63-80(82)73-81(91)64-49-37-31-27-23-19-15-17-21-25-29-33-43-57-74(3)4)79(72-77(76)60-46-36-14-12-10-8-2)62-48-40-42-52-70-87(94)90-84-67-56-55-66-83(84)89-86(93)69-50-38-32-28-24-20-16-18-22-26-30-34-44-58-75(5)6/h74-80,82-84H,7-73H2,1-6H3,(H,88,92)(H,89,93)(H,90,94)/t76?,77?,78?,79?,80-,82+,83-,84-/m0/s1. The van der Waals surface area contributed by atoms with E-state index in [9.17, 15) is 19.2 Å². The van der Waals surface area contributed by atoms with E-state index >= 15 is 0 Å². The van der Waals surface area contributed by atoms with Gasteiger partial charge in [-0.25, -0.2) is 0 Å². The van der Waals surface area contributed by atoms with Crippen molar-refractivity contribution in [2.75, 3.05) is 0 Å². The van der Waals surface area contributed by atoms with Crippen molar-refractivity contribution in [3.05, 3.63) is 0 Å². The lowest BCUT2D eigenvalue weighted by atomic mass is 9.63. The van der Waals surface area contributed by atoms with E-state index in [-0.39, 0.29) is 35.8 Å². The van der Waals surface area contributed by atoms with Gasteiger partial charge in [0.05, 0.1) is 0 Å². The Morgan fingerprint density at radius 3 is 0.830 bits per heavy atom. The van der Waals surface area contributed by atoms with Gasteiger partial charge in [0, 0.05) is 50.2 Å². The molecule has 552 valence electrons. The molecule has 0 spiro atoms. The Balaban J connectivity index is 1.37. The molecule has 0 radical (unpaired) electrons. The molecule has 3 aliphatic rings. The molecule has 3 saturated carbocycles. The molecule has 0 saturated heterocycles. The van der Waals surface area contributed by atoms with Gasteiger partial charge in [0.2, 0.25) is 17.7 Å². The van der Waals surface area contributed by atoms with Crippen molar-refractivity contribution in [3.63, 3.8) is 0 Å². The van der Waals surface area contributed by atoms with Crippen molar-refractivity contribution in [2.24, 2.45) is 41.4 Å². The molecule has 4 unspecified atom stereocenters. The van der Waals surface area contributed by atoms with Crippen molar-refractivity contribution >= 4 is 23.5 Å². The highest BCUT2D eigenvalue weighted by Crippen LogP contribution is 2.47. The first-order valence-corrected chi connectivity index (χ1v) is 43.4. The van der Waals surface area contributed by atoms with E-state index in [0.29, 0.717) is 37.4 Å². The lowest BCUT2D eigenvalue weighted by Gasteiger charge is -2.42. The van der Waals surface area contributed by atoms with Gasteiger partial charge in [-0.1, -0.05) is 375 Å². The van der Waals surface area contributed by atoms with Crippen LogP contribution in [0.15, 0.2) is 0 Å². The van der Waals surface area contributed by atoms with Crippen LogP contribution in [-0.2, 0) is 19.2 Å². The number of unbranched alkanes of at least 4 members (excludes halogenated alkanes) is 40. The van der Waals surface area contributed by atoms with Crippen LogP contribution in [0.1, 0.15) is 472 Å². The van der Waals surface area contributed by atoms with Gasteiger partial charge in [-0.2, -0.15) is 0 Å². The molecule has 94 heavy (non-hydrogen) atoms. The van der Waals surface area contributed by atoms with E-state index in [0.717, 1.165) is 125 Å². The zero-order chi connectivity index (χ0) is 67.6. The monoisotopic (exact) mass is 1320 g/mol. The average Bonchev–Trinajstić information content (AvgIpc) is 0.903. The van der Waals surface area contributed by atoms with Crippen molar-refractivity contribution < 1.29 is 19.2 Å². The molecular weight excluding hydrogens is 1150 g/mol. The fourth-order valence-electron chi connectivity index (χ4n) is 17.4. The summed E-state index contributed by atoms with van der Waals surface area (Å²) in [7, 11) is 0. The summed E-state index contributed by atoms with van der Waals surface area (Å²) >= 11 is 0. The van der Waals surface area contributed by atoms with Crippen molar-refractivity contribution in [1.29, 1.82) is 0 Å². The molecule has 3 aliphatic carbocycles. The summed E-state index contributed by atoms with van der Waals surface area (Å²) in [4.78, 5) is 53.3. The molecular formula is C87H165N3O4. The number of carbonyl (C=O) groups excluding carboxylic acids is 4. The normalized spacial score (nSPS) is 20.9. The van der Waals surface area contributed by atoms with E-state index < -0.39 is 0 Å². The summed E-state index contributed by atoms with van der Waals surface area (Å²) in [5.41, 5.74) is 0. The number of ketones is 1. The fourth-order valence-corrected chi connectivity index (χ4v) is 17.4. The summed E-state index contributed by atoms with van der Waals surface area (Å²) < 4.78 is 0. The predicted molar refractivity (Wildman–Crippen MR) is 409 cm³/mol. The number of carbonyl (C=O) groups is 4. The minimum Gasteiger partial charge on any atom is -0.353 e. The maximum absolute atomic E-state index is 13.5. The lowest BCUT2D eigenvalue weighted by Crippen LogP contribution is -2.53. The topological polar surface area (TPSA) is 104 Å². The van der Waals surface area contributed by atoms with Crippen LogP contribution in [-0.4, -0.2) is 41.6 Å². The van der Waals surface area contributed by atoms with Crippen LogP contribution in [0.3, 0.4) is 0 Å². The van der Waals surface area contributed by atoms with E-state index in [1.54, 1.807) is 0 Å². The number of nitrogens with one attached hydrogen (secondary N) is 3. The molecule has 0 aromatic rings. The van der Waals surface area contributed by atoms with Crippen LogP contribution in [0.5, 0.6) is 0 Å². The first kappa shape index (κ1) is 86.3. The highest BCUT2D eigenvalue weighted by atomic mass is 16.2. The lowest BCUT2D eigenvalue weighted by molar-refractivity contribution is -0.125. The second kappa shape index (κ2) is 61.0. The van der Waals surface area contributed by atoms with Gasteiger partial charge >= 0.3 is 0 Å². The van der Waals surface area contributed by atoms with E-state index in [4.69, 9.17) is 0 Å². The minimum atomic E-state index is 0.0677. The van der Waals surface area contributed by atoms with Crippen molar-refractivity contribution in [1.82, 2.24) is 16.0 Å². The number of rotatable bonds is 65. The van der Waals surface area contributed by atoms with E-state index in [1.807, 2.05) is 0 Å². The molecule has 0 aromatic carbocycles. The molecule has 0 aromatic heterocycles. The van der Waals surface area contributed by atoms with Gasteiger partial charge in [-0.15, -0.1) is 0 Å². The molecule has 3 fully saturated rings. The summed E-state index contributed by atoms with van der Waals surface area (Å²) in [6, 6.07) is 0.316. The molecule has 0 heterocycles. The summed E-state index contributed by atoms with van der Waals surface area (Å²) in [5, 5.41) is 10.3. The van der Waals surface area contributed by atoms with Crippen LogP contribution in [0.25, 0.3) is 0 Å². The molecule has 3 rings (SSSR count). The largest absolute Gasteiger partial charge is 0.353 e. The zero-order valence-corrected chi connectivity index (χ0v) is 64.3. The number of Topliss-reactive ketones (excluding diaryl/α,β-unsaturated/α-hetero) is 1. The molecule has 0 aliphatic heterocycles. The van der Waals surface area contributed by atoms with Gasteiger partial charge < -0.3 is 16.0 Å². The molecule has 7 heteroatoms. The van der Waals surface area contributed by atoms with Crippen molar-refractivity contribution in [3.8, 4) is 0 Å². The van der Waals surface area contributed by atoms with Gasteiger partial charge in [0.25, 0.3) is 0 Å². The predicted octanol–water partition coefficient (Wildman–Crippen LogP) is 26.6. The maximum Gasteiger partial charge on any atom is 0.220 e. The molecule has 0 bridgehead atoms. The van der Waals surface area contributed by atoms with Gasteiger partial charge in [0.1, 0.15) is 5.78 Å². The molecule has 3 N–H and O–H groups in total. The summed E-state index contributed by atoms with van der Waals surface area (Å²) in [6.45, 7) is 14.0. The SMILES string of the molecule is CCCCCCCCC1CC(CCCCCCC(=O)N[C@H]2CCCC[C@@H]2NC(=O)CCCCCCCCCCCCCCCC(C)C)C(CCCCCCC(=O)N[C@@H]2CCCC[C@H]2CC(=O)CCCCCCCCCCCCCCCC(C)C)CC1CCCCCCCC. The van der Waals surface area contributed by atoms with Crippen LogP contribution < -0.4 is 16.0 Å². The van der Waals surface area contributed by atoms with E-state index in [2.05, 4.69) is 57.5 Å². The minimum absolute atomic E-state index is 0.0677. The molecule has 7 nitrogen and oxygen atoms in total. The van der Waals surface area contributed by atoms with Crippen LogP contribution in [0.4, 0.5) is 0 Å². The average molecular weight is 1320 g/mol. The smallest absolute Gasteiger partial charge is 0.220 e. The first-order chi connectivity index (χ1) is 46.0. The Kier molecular flexibility index (Phi) is 56.0. The fraction of sp³-hybridized carbons (Fsp3) is 0.954. The zero-order valence-electron chi connectivity index (χ0n) is 64.3. The summed E-state index contributed by atoms with van der Waals surface area (Å²) in [6.07, 6.45) is 83.7. The number of hydrogen-bond donors (Lipinski definition) is 3. The third kappa shape index (κ3) is 48.0. The van der Waals surface area contributed by atoms with Gasteiger partial charge in [0.15, 0.2) is 0 Å². The Morgan fingerprint density at radius 2 is 0.521 bits per heavy atom. The highest BCUT2D eigenvalue weighted by molar-refractivity contribution is 5.79. The summed E-state index contributed by atoms with van der Waals surface area (Å²) in [5.74, 6) is 6.46. The van der Waals surface area contributed by atoms with Gasteiger partial charge in [-0.3, -0.25) is 19.2 Å².